The van der Waals surface area contributed by atoms with Crippen molar-refractivity contribution in [1.29, 1.82) is 0 Å². The summed E-state index contributed by atoms with van der Waals surface area (Å²) in [5.41, 5.74) is 0. The Morgan fingerprint density at radius 1 is 0.654 bits per heavy atom. The van der Waals surface area contributed by atoms with Gasteiger partial charge in [0.25, 0.3) is 0 Å². The second-order valence-electron chi connectivity index (χ2n) is 7.21. The molecule has 0 aromatic heterocycles. The van der Waals surface area contributed by atoms with Crippen molar-refractivity contribution in [3.05, 3.63) is 0 Å². The maximum Gasteiger partial charge on any atom is 0.303 e. The predicted molar refractivity (Wildman–Crippen MR) is 113 cm³/mol. The molecule has 0 spiro atoms. The Morgan fingerprint density at radius 3 is 1.50 bits per heavy atom. The maximum absolute atomic E-state index is 10.1. The molecule has 0 radical (unpaired) electrons. The molecule has 0 amide bonds. The molecule has 158 valence electrons. The van der Waals surface area contributed by atoms with Crippen LogP contribution in [0.1, 0.15) is 117 Å². The van der Waals surface area contributed by atoms with E-state index in [-0.39, 0.29) is 6.61 Å². The van der Waals surface area contributed by atoms with Crippen LogP contribution in [0, 0.1) is 0 Å². The molecule has 4 nitrogen and oxygen atoms in total. The summed E-state index contributed by atoms with van der Waals surface area (Å²) < 4.78 is 0. The van der Waals surface area contributed by atoms with E-state index in [1.807, 2.05) is 0 Å². The van der Waals surface area contributed by atoms with E-state index in [1.54, 1.807) is 0 Å². The van der Waals surface area contributed by atoms with E-state index in [1.165, 1.54) is 83.5 Å². The summed E-state index contributed by atoms with van der Waals surface area (Å²) in [5, 5.41) is 20.1. The first-order valence-corrected chi connectivity index (χ1v) is 11.2. The van der Waals surface area contributed by atoms with Crippen LogP contribution in [0.25, 0.3) is 0 Å². The van der Waals surface area contributed by atoms with Crippen LogP contribution in [-0.4, -0.2) is 35.9 Å². The SMILES string of the molecule is CCCCCCCCCC(=O)O.CCCCCCCCCCNCCO. The zero-order chi connectivity index (χ0) is 19.7. The van der Waals surface area contributed by atoms with Crippen LogP contribution < -0.4 is 5.32 Å². The van der Waals surface area contributed by atoms with Crippen LogP contribution >= 0.6 is 0 Å². The number of hydrogen-bond acceptors (Lipinski definition) is 3. The van der Waals surface area contributed by atoms with Crippen LogP contribution in [0.4, 0.5) is 0 Å². The zero-order valence-electron chi connectivity index (χ0n) is 17.7. The molecule has 0 heterocycles. The molecule has 0 aliphatic rings. The number of aliphatic hydroxyl groups excluding tert-OH is 1. The number of carbonyl (C=O) groups is 1. The molecule has 0 aliphatic carbocycles. The molecule has 0 aromatic rings. The Hall–Kier alpha value is -0.610. The van der Waals surface area contributed by atoms with Crippen LogP contribution in [-0.2, 0) is 4.79 Å². The first-order valence-electron chi connectivity index (χ1n) is 11.2. The average molecular weight is 374 g/mol. The van der Waals surface area contributed by atoms with Gasteiger partial charge in [-0.3, -0.25) is 4.79 Å². The van der Waals surface area contributed by atoms with Gasteiger partial charge in [-0.15, -0.1) is 0 Å². The number of nitrogens with one attached hydrogen (secondary N) is 1. The number of rotatable bonds is 19. The normalized spacial score (nSPS) is 10.4. The van der Waals surface area contributed by atoms with E-state index in [0.29, 0.717) is 6.42 Å². The number of aliphatic carboxylic acids is 1. The summed E-state index contributed by atoms with van der Waals surface area (Å²) in [7, 11) is 0. The molecule has 4 heteroatoms. The van der Waals surface area contributed by atoms with Gasteiger partial charge in [0.05, 0.1) is 6.61 Å². The summed E-state index contributed by atoms with van der Waals surface area (Å²) in [6.45, 7) is 6.53. The number of aliphatic hydroxyl groups is 1. The van der Waals surface area contributed by atoms with Gasteiger partial charge in [-0.05, 0) is 19.4 Å². The third-order valence-electron chi connectivity index (χ3n) is 4.49. The third kappa shape index (κ3) is 31.2. The number of hydrogen-bond donors (Lipinski definition) is 3. The van der Waals surface area contributed by atoms with Gasteiger partial charge in [0.1, 0.15) is 0 Å². The fourth-order valence-corrected chi connectivity index (χ4v) is 2.82. The second-order valence-corrected chi connectivity index (χ2v) is 7.21. The predicted octanol–water partition coefficient (Wildman–Crippen LogP) is 5.92. The number of unbranched alkanes of at least 4 members (excludes halogenated alkanes) is 13. The molecule has 0 fully saturated rings. The quantitative estimate of drug-likeness (QED) is 0.246. The van der Waals surface area contributed by atoms with Crippen LogP contribution in [0.2, 0.25) is 0 Å². The Bertz CT molecular complexity index is 248. The highest BCUT2D eigenvalue weighted by molar-refractivity contribution is 5.66. The van der Waals surface area contributed by atoms with E-state index in [2.05, 4.69) is 19.2 Å². The summed E-state index contributed by atoms with van der Waals surface area (Å²) >= 11 is 0. The van der Waals surface area contributed by atoms with Crippen molar-refractivity contribution >= 4 is 5.97 Å². The lowest BCUT2D eigenvalue weighted by Crippen LogP contribution is -2.19. The molecule has 0 bridgehead atoms. The summed E-state index contributed by atoms with van der Waals surface area (Å²) in [5.74, 6) is -0.663. The van der Waals surface area contributed by atoms with Gasteiger partial charge < -0.3 is 15.5 Å². The maximum atomic E-state index is 10.1. The molecule has 0 unspecified atom stereocenters. The molecule has 0 saturated heterocycles. The summed E-state index contributed by atoms with van der Waals surface area (Å²) in [6.07, 6.45) is 19.6. The lowest BCUT2D eigenvalue weighted by molar-refractivity contribution is -0.137. The lowest BCUT2D eigenvalue weighted by atomic mass is 10.1. The highest BCUT2D eigenvalue weighted by atomic mass is 16.4. The fourth-order valence-electron chi connectivity index (χ4n) is 2.82. The van der Waals surface area contributed by atoms with Gasteiger partial charge in [-0.1, -0.05) is 97.3 Å². The van der Waals surface area contributed by atoms with Gasteiger partial charge in [-0.25, -0.2) is 0 Å². The van der Waals surface area contributed by atoms with Gasteiger partial charge in [-0.2, -0.15) is 0 Å². The van der Waals surface area contributed by atoms with Crippen molar-refractivity contribution in [3.8, 4) is 0 Å². The van der Waals surface area contributed by atoms with Crippen molar-refractivity contribution in [3.63, 3.8) is 0 Å². The molecular weight excluding hydrogens is 326 g/mol. The number of carboxylic acid groups (broad SMARTS) is 1. The molecule has 0 saturated carbocycles. The molecule has 3 N–H and O–H groups in total. The third-order valence-corrected chi connectivity index (χ3v) is 4.49. The lowest BCUT2D eigenvalue weighted by Gasteiger charge is -2.02. The van der Waals surface area contributed by atoms with Gasteiger partial charge in [0.2, 0.25) is 0 Å². The van der Waals surface area contributed by atoms with Crippen LogP contribution in [0.5, 0.6) is 0 Å². The summed E-state index contributed by atoms with van der Waals surface area (Å²) in [4.78, 5) is 10.1. The molecular formula is C22H47NO3. The Kier molecular flexibility index (Phi) is 28.3. The minimum absolute atomic E-state index is 0.261. The molecule has 0 atom stereocenters. The first-order chi connectivity index (χ1) is 12.7. The fraction of sp³-hybridized carbons (Fsp3) is 0.955. The van der Waals surface area contributed by atoms with Crippen molar-refractivity contribution in [2.75, 3.05) is 19.7 Å². The largest absolute Gasteiger partial charge is 0.481 e. The summed E-state index contributed by atoms with van der Waals surface area (Å²) in [6, 6.07) is 0. The van der Waals surface area contributed by atoms with Gasteiger partial charge >= 0.3 is 5.97 Å². The average Bonchev–Trinajstić information content (AvgIpc) is 2.63. The monoisotopic (exact) mass is 373 g/mol. The number of carboxylic acids is 1. The zero-order valence-corrected chi connectivity index (χ0v) is 17.7. The molecule has 0 rings (SSSR count). The molecule has 26 heavy (non-hydrogen) atoms. The molecule has 0 aliphatic heterocycles. The second kappa shape index (κ2) is 26.6. The minimum atomic E-state index is -0.663. The van der Waals surface area contributed by atoms with Gasteiger partial charge in [0, 0.05) is 13.0 Å². The van der Waals surface area contributed by atoms with Crippen molar-refractivity contribution < 1.29 is 15.0 Å². The Morgan fingerprint density at radius 2 is 1.08 bits per heavy atom. The van der Waals surface area contributed by atoms with E-state index >= 15 is 0 Å². The van der Waals surface area contributed by atoms with Crippen molar-refractivity contribution in [2.45, 2.75) is 117 Å². The van der Waals surface area contributed by atoms with E-state index in [9.17, 15) is 4.79 Å². The smallest absolute Gasteiger partial charge is 0.303 e. The van der Waals surface area contributed by atoms with Crippen molar-refractivity contribution in [1.82, 2.24) is 5.32 Å². The van der Waals surface area contributed by atoms with E-state index in [0.717, 1.165) is 25.9 Å². The standard InChI is InChI=1S/C12H27NO.C10H20O2/c1-2-3-4-5-6-7-8-9-10-13-11-12-14;1-2-3-4-5-6-7-8-9-10(11)12/h13-14H,2-12H2,1H3;2-9H2,1H3,(H,11,12). The first kappa shape index (κ1) is 27.6. The Balaban J connectivity index is 0. The highest BCUT2D eigenvalue weighted by Crippen LogP contribution is 2.08. The van der Waals surface area contributed by atoms with Crippen molar-refractivity contribution in [2.24, 2.45) is 0 Å². The topological polar surface area (TPSA) is 69.6 Å². The van der Waals surface area contributed by atoms with Gasteiger partial charge in [0.15, 0.2) is 0 Å². The van der Waals surface area contributed by atoms with Crippen LogP contribution in [0.3, 0.4) is 0 Å². The van der Waals surface area contributed by atoms with E-state index < -0.39 is 5.97 Å². The Labute approximate surface area is 163 Å². The molecule has 0 aromatic carbocycles. The minimum Gasteiger partial charge on any atom is -0.481 e. The highest BCUT2D eigenvalue weighted by Gasteiger charge is 1.95. The van der Waals surface area contributed by atoms with Crippen LogP contribution in [0.15, 0.2) is 0 Å². The van der Waals surface area contributed by atoms with E-state index in [4.69, 9.17) is 10.2 Å².